The van der Waals surface area contributed by atoms with Gasteiger partial charge in [-0.15, -0.1) is 0 Å². The van der Waals surface area contributed by atoms with Crippen LogP contribution in [0.5, 0.6) is 11.6 Å². The molecular formula is C26H25FN4O2. The van der Waals surface area contributed by atoms with Gasteiger partial charge in [0.05, 0.1) is 11.4 Å². The number of para-hydroxylation sites is 1. The number of aryl methyl sites for hydroxylation is 2. The molecular weight excluding hydrogens is 419 g/mol. The average Bonchev–Trinajstić information content (AvgIpc) is 3.13. The summed E-state index contributed by atoms with van der Waals surface area (Å²) in [5.41, 5.74) is 4.18. The molecule has 168 valence electrons. The number of amides is 1. The van der Waals surface area contributed by atoms with Crippen LogP contribution in [0.1, 0.15) is 28.8 Å². The molecule has 0 spiro atoms. The molecule has 6 nitrogen and oxygen atoms in total. The van der Waals surface area contributed by atoms with Crippen LogP contribution >= 0.6 is 0 Å². The van der Waals surface area contributed by atoms with Crippen molar-refractivity contribution in [1.29, 1.82) is 0 Å². The number of halogens is 1. The Hall–Kier alpha value is -4.00. The van der Waals surface area contributed by atoms with Crippen LogP contribution in [0.4, 0.5) is 4.39 Å². The van der Waals surface area contributed by atoms with Gasteiger partial charge in [-0.05, 0) is 67.8 Å². The van der Waals surface area contributed by atoms with Crippen LogP contribution in [-0.2, 0) is 17.8 Å². The van der Waals surface area contributed by atoms with E-state index in [-0.39, 0.29) is 18.1 Å². The van der Waals surface area contributed by atoms with Crippen LogP contribution in [0.3, 0.4) is 0 Å². The summed E-state index contributed by atoms with van der Waals surface area (Å²) in [6.45, 7) is 4.27. The van der Waals surface area contributed by atoms with Crippen LogP contribution in [0.15, 0.2) is 73.1 Å². The Morgan fingerprint density at radius 1 is 1.06 bits per heavy atom. The van der Waals surface area contributed by atoms with Gasteiger partial charge < -0.3 is 10.1 Å². The van der Waals surface area contributed by atoms with Crippen molar-refractivity contribution in [3.63, 3.8) is 0 Å². The van der Waals surface area contributed by atoms with Gasteiger partial charge in [0.2, 0.25) is 11.8 Å². The molecule has 0 radical (unpaired) electrons. The van der Waals surface area contributed by atoms with Crippen molar-refractivity contribution in [3.8, 4) is 17.3 Å². The molecule has 0 aliphatic carbocycles. The predicted molar refractivity (Wildman–Crippen MR) is 124 cm³/mol. The van der Waals surface area contributed by atoms with Gasteiger partial charge in [-0.1, -0.05) is 24.3 Å². The third kappa shape index (κ3) is 5.44. The zero-order valence-corrected chi connectivity index (χ0v) is 18.6. The number of nitrogens with zero attached hydrogens (tertiary/aromatic N) is 3. The highest BCUT2D eigenvalue weighted by Crippen LogP contribution is 2.33. The average molecular weight is 445 g/mol. The van der Waals surface area contributed by atoms with Crippen LogP contribution in [-0.4, -0.2) is 20.7 Å². The lowest BCUT2D eigenvalue weighted by Crippen LogP contribution is -2.23. The Morgan fingerprint density at radius 2 is 1.85 bits per heavy atom. The van der Waals surface area contributed by atoms with Crippen LogP contribution in [0, 0.1) is 19.7 Å². The summed E-state index contributed by atoms with van der Waals surface area (Å²) in [4.78, 5) is 16.6. The Kier molecular flexibility index (Phi) is 6.78. The minimum absolute atomic E-state index is 0.0744. The third-order valence-corrected chi connectivity index (χ3v) is 5.32. The van der Waals surface area contributed by atoms with Crippen molar-refractivity contribution in [2.24, 2.45) is 0 Å². The molecule has 0 saturated carbocycles. The van der Waals surface area contributed by atoms with Gasteiger partial charge in [0.1, 0.15) is 11.6 Å². The lowest BCUT2D eigenvalue weighted by Gasteiger charge is -2.13. The van der Waals surface area contributed by atoms with E-state index < -0.39 is 0 Å². The number of benzene rings is 2. The summed E-state index contributed by atoms with van der Waals surface area (Å²) in [7, 11) is 0. The van der Waals surface area contributed by atoms with E-state index in [1.165, 1.54) is 12.1 Å². The summed E-state index contributed by atoms with van der Waals surface area (Å²) in [6.07, 6.45) is 4.15. The normalized spacial score (nSPS) is 10.8. The van der Waals surface area contributed by atoms with E-state index in [4.69, 9.17) is 4.74 Å². The quantitative estimate of drug-likeness (QED) is 0.412. The number of carbonyl (C=O) groups is 1. The monoisotopic (exact) mass is 444 g/mol. The summed E-state index contributed by atoms with van der Waals surface area (Å²) in [5, 5.41) is 7.56. The first-order chi connectivity index (χ1) is 16.0. The van der Waals surface area contributed by atoms with Gasteiger partial charge in [-0.25, -0.2) is 9.07 Å². The number of ether oxygens (including phenoxy) is 1. The summed E-state index contributed by atoms with van der Waals surface area (Å²) in [5.74, 6) is 0.820. The van der Waals surface area contributed by atoms with Gasteiger partial charge in [0.15, 0.2) is 0 Å². The fourth-order valence-electron chi connectivity index (χ4n) is 3.49. The second-order valence-electron chi connectivity index (χ2n) is 7.76. The molecule has 0 atom stereocenters. The molecule has 0 saturated heterocycles. The van der Waals surface area contributed by atoms with E-state index in [2.05, 4.69) is 15.4 Å². The molecule has 7 heteroatoms. The third-order valence-electron chi connectivity index (χ3n) is 5.32. The Labute approximate surface area is 192 Å². The Bertz CT molecular complexity index is 1240. The van der Waals surface area contributed by atoms with Gasteiger partial charge in [0, 0.05) is 30.9 Å². The number of hydrogen-bond acceptors (Lipinski definition) is 4. The highest BCUT2D eigenvalue weighted by atomic mass is 19.1. The zero-order chi connectivity index (χ0) is 23.2. The number of aromatic nitrogens is 3. The number of nitrogens with one attached hydrogen (secondary N) is 1. The maximum atomic E-state index is 13.5. The van der Waals surface area contributed by atoms with Gasteiger partial charge in [-0.2, -0.15) is 5.10 Å². The summed E-state index contributed by atoms with van der Waals surface area (Å²) in [6, 6.07) is 17.5. The van der Waals surface area contributed by atoms with E-state index in [1.807, 2.05) is 50.2 Å². The standard InChI is InChI=1S/C26H25FN4O2/c1-18-6-3-4-8-24(18)33-26-23(13-14-25(32)29-17-20-7-5-15-28-16-20)19(2)30-31(26)22-11-9-21(27)10-12-22/h3-12,15-16H,13-14,17H2,1-2H3,(H,29,32). The van der Waals surface area contributed by atoms with Crippen molar-refractivity contribution in [2.75, 3.05) is 0 Å². The maximum absolute atomic E-state index is 13.5. The van der Waals surface area contributed by atoms with E-state index in [0.29, 0.717) is 30.3 Å². The molecule has 33 heavy (non-hydrogen) atoms. The van der Waals surface area contributed by atoms with E-state index >= 15 is 0 Å². The topological polar surface area (TPSA) is 69.0 Å². The van der Waals surface area contributed by atoms with Crippen LogP contribution in [0.2, 0.25) is 0 Å². The Morgan fingerprint density at radius 3 is 2.58 bits per heavy atom. The minimum Gasteiger partial charge on any atom is -0.438 e. The number of carbonyl (C=O) groups excluding carboxylic acids is 1. The fourth-order valence-corrected chi connectivity index (χ4v) is 3.49. The van der Waals surface area contributed by atoms with E-state index in [1.54, 1.807) is 29.2 Å². The molecule has 4 aromatic rings. The molecule has 0 bridgehead atoms. The van der Waals surface area contributed by atoms with Crippen molar-refractivity contribution in [2.45, 2.75) is 33.2 Å². The van der Waals surface area contributed by atoms with Gasteiger partial charge in [0.25, 0.3) is 0 Å². The molecule has 0 aliphatic rings. The lowest BCUT2D eigenvalue weighted by atomic mass is 10.1. The molecule has 0 aliphatic heterocycles. The van der Waals surface area contributed by atoms with Crippen molar-refractivity contribution < 1.29 is 13.9 Å². The summed E-state index contributed by atoms with van der Waals surface area (Å²) >= 11 is 0. The molecule has 4 rings (SSSR count). The zero-order valence-electron chi connectivity index (χ0n) is 18.6. The van der Waals surface area contributed by atoms with Crippen molar-refractivity contribution in [1.82, 2.24) is 20.1 Å². The largest absolute Gasteiger partial charge is 0.438 e. The Balaban J connectivity index is 1.57. The smallest absolute Gasteiger partial charge is 0.226 e. The van der Waals surface area contributed by atoms with Gasteiger partial charge in [-0.3, -0.25) is 9.78 Å². The van der Waals surface area contributed by atoms with Crippen LogP contribution < -0.4 is 10.1 Å². The number of pyridine rings is 1. The molecule has 1 amide bonds. The first-order valence-electron chi connectivity index (χ1n) is 10.7. The van der Waals surface area contributed by atoms with E-state index in [9.17, 15) is 9.18 Å². The molecule has 1 N–H and O–H groups in total. The SMILES string of the molecule is Cc1ccccc1Oc1c(CCC(=O)NCc2cccnc2)c(C)nn1-c1ccc(F)cc1. The minimum atomic E-state index is -0.325. The molecule has 0 unspecified atom stereocenters. The summed E-state index contributed by atoms with van der Waals surface area (Å²) < 4.78 is 21.4. The van der Waals surface area contributed by atoms with Crippen LogP contribution in [0.25, 0.3) is 5.69 Å². The van der Waals surface area contributed by atoms with Gasteiger partial charge >= 0.3 is 0 Å². The molecule has 2 aromatic carbocycles. The van der Waals surface area contributed by atoms with E-state index in [0.717, 1.165) is 22.4 Å². The highest BCUT2D eigenvalue weighted by molar-refractivity contribution is 5.76. The molecule has 2 aromatic heterocycles. The first-order valence-corrected chi connectivity index (χ1v) is 10.7. The molecule has 0 fully saturated rings. The predicted octanol–water partition coefficient (Wildman–Crippen LogP) is 5.06. The fraction of sp³-hybridized carbons (Fsp3) is 0.192. The van der Waals surface area contributed by atoms with Crippen molar-refractivity contribution >= 4 is 5.91 Å². The number of rotatable bonds is 8. The second-order valence-corrected chi connectivity index (χ2v) is 7.76. The molecule has 2 heterocycles. The highest BCUT2D eigenvalue weighted by Gasteiger charge is 2.20. The number of hydrogen-bond donors (Lipinski definition) is 1. The lowest BCUT2D eigenvalue weighted by molar-refractivity contribution is -0.121. The first kappa shape index (κ1) is 22.2. The second kappa shape index (κ2) is 10.1. The van der Waals surface area contributed by atoms with Crippen molar-refractivity contribution in [3.05, 3.63) is 101 Å². The maximum Gasteiger partial charge on any atom is 0.226 e.